The van der Waals surface area contributed by atoms with E-state index in [0.717, 1.165) is 16.5 Å². The first kappa shape index (κ1) is 25.6. The molecule has 1 aromatic carbocycles. The minimum Gasteiger partial charge on any atom is -0.480 e. The van der Waals surface area contributed by atoms with Gasteiger partial charge in [0.1, 0.15) is 18.1 Å². The Morgan fingerprint density at radius 1 is 1.12 bits per heavy atom. The van der Waals surface area contributed by atoms with E-state index < -0.39 is 42.0 Å². The third-order valence-electron chi connectivity index (χ3n) is 5.11. The number of aromatic nitrogens is 1. The van der Waals surface area contributed by atoms with Gasteiger partial charge in [0.2, 0.25) is 11.8 Å². The number of aliphatic hydroxyl groups is 1. The summed E-state index contributed by atoms with van der Waals surface area (Å²) in [5.74, 6) is -2.77. The average Bonchev–Trinajstić information content (AvgIpc) is 3.17. The van der Waals surface area contributed by atoms with Crippen LogP contribution in [0.2, 0.25) is 0 Å². The number of carbonyl (C=O) groups excluding carboxylic acids is 2. The van der Waals surface area contributed by atoms with Crippen molar-refractivity contribution in [1.82, 2.24) is 15.6 Å². The SMILES string of the molecule is CC(O)C(N)C(=O)NC(Cc1c[nH]c2ccccc12)C(=O)NC(CCCN=C(N)N)C(=O)O. The smallest absolute Gasteiger partial charge is 0.326 e. The van der Waals surface area contributed by atoms with Gasteiger partial charge in [-0.15, -0.1) is 0 Å². The Balaban J connectivity index is 2.19. The number of aliphatic hydroxyl groups excluding tert-OH is 1. The minimum atomic E-state index is -1.25. The van der Waals surface area contributed by atoms with Gasteiger partial charge in [-0.2, -0.15) is 0 Å². The maximum atomic E-state index is 13.0. The average molecular weight is 462 g/mol. The van der Waals surface area contributed by atoms with E-state index in [1.807, 2.05) is 24.3 Å². The number of nitrogens with two attached hydrogens (primary N) is 3. The molecular weight excluding hydrogens is 430 g/mol. The number of aliphatic imine (C=N–C) groups is 1. The van der Waals surface area contributed by atoms with E-state index in [-0.39, 0.29) is 25.3 Å². The Bertz CT molecular complexity index is 1000. The van der Waals surface area contributed by atoms with Crippen LogP contribution in [0.15, 0.2) is 35.5 Å². The van der Waals surface area contributed by atoms with E-state index in [1.54, 1.807) is 6.20 Å². The van der Waals surface area contributed by atoms with Gasteiger partial charge < -0.3 is 43.0 Å². The fourth-order valence-corrected chi connectivity index (χ4v) is 3.25. The zero-order chi connectivity index (χ0) is 24.5. The third-order valence-corrected chi connectivity index (χ3v) is 5.11. The number of carboxylic acids is 1. The lowest BCUT2D eigenvalue weighted by molar-refractivity contribution is -0.142. The number of rotatable bonds is 12. The normalized spacial score (nSPS) is 14.6. The number of hydrogen-bond donors (Lipinski definition) is 8. The van der Waals surface area contributed by atoms with Crippen LogP contribution in [-0.4, -0.2) is 69.7 Å². The maximum absolute atomic E-state index is 13.0. The van der Waals surface area contributed by atoms with E-state index in [1.165, 1.54) is 6.92 Å². The largest absolute Gasteiger partial charge is 0.480 e. The summed E-state index contributed by atoms with van der Waals surface area (Å²) in [4.78, 5) is 44.0. The van der Waals surface area contributed by atoms with Gasteiger partial charge in [0.05, 0.1) is 6.10 Å². The molecule has 12 heteroatoms. The molecule has 0 spiro atoms. The van der Waals surface area contributed by atoms with Crippen molar-refractivity contribution in [1.29, 1.82) is 0 Å². The molecule has 4 unspecified atom stereocenters. The van der Waals surface area contributed by atoms with Gasteiger partial charge in [0.25, 0.3) is 0 Å². The molecule has 12 nitrogen and oxygen atoms in total. The number of carbonyl (C=O) groups is 3. The summed E-state index contributed by atoms with van der Waals surface area (Å²) in [6, 6.07) is 3.85. The number of aliphatic carboxylic acids is 1. The van der Waals surface area contributed by atoms with Crippen LogP contribution >= 0.6 is 0 Å². The van der Waals surface area contributed by atoms with Crippen molar-refractivity contribution < 1.29 is 24.6 Å². The van der Waals surface area contributed by atoms with Crippen LogP contribution < -0.4 is 27.8 Å². The molecule has 0 aliphatic rings. The monoisotopic (exact) mass is 461 g/mol. The van der Waals surface area contributed by atoms with Crippen molar-refractivity contribution in [3.05, 3.63) is 36.0 Å². The molecule has 2 amide bonds. The molecule has 33 heavy (non-hydrogen) atoms. The van der Waals surface area contributed by atoms with Crippen LogP contribution in [0.4, 0.5) is 0 Å². The molecular formula is C21H31N7O5. The molecule has 0 saturated heterocycles. The highest BCUT2D eigenvalue weighted by molar-refractivity contribution is 5.93. The molecule has 0 radical (unpaired) electrons. The number of nitrogens with one attached hydrogen (secondary N) is 3. The van der Waals surface area contributed by atoms with Crippen molar-refractivity contribution in [2.75, 3.05) is 6.54 Å². The van der Waals surface area contributed by atoms with Crippen molar-refractivity contribution in [2.45, 2.75) is 50.4 Å². The topological polar surface area (TPSA) is 222 Å². The molecule has 0 saturated carbocycles. The lowest BCUT2D eigenvalue weighted by Crippen LogP contribution is -2.57. The molecule has 1 aromatic heterocycles. The Labute approximate surface area is 190 Å². The van der Waals surface area contributed by atoms with Gasteiger partial charge in [0.15, 0.2) is 5.96 Å². The van der Waals surface area contributed by atoms with E-state index in [9.17, 15) is 24.6 Å². The van der Waals surface area contributed by atoms with Crippen molar-refractivity contribution >= 4 is 34.6 Å². The summed E-state index contributed by atoms with van der Waals surface area (Å²) in [7, 11) is 0. The van der Waals surface area contributed by atoms with Crippen LogP contribution in [0.1, 0.15) is 25.3 Å². The molecule has 11 N–H and O–H groups in total. The highest BCUT2D eigenvalue weighted by atomic mass is 16.4. The van der Waals surface area contributed by atoms with Crippen LogP contribution in [0.5, 0.6) is 0 Å². The number of H-pyrrole nitrogens is 1. The van der Waals surface area contributed by atoms with Gasteiger partial charge in [0, 0.05) is 30.1 Å². The fraction of sp³-hybridized carbons (Fsp3) is 0.429. The minimum absolute atomic E-state index is 0.0778. The van der Waals surface area contributed by atoms with Crippen LogP contribution in [0, 0.1) is 0 Å². The molecule has 4 atom stereocenters. The summed E-state index contributed by atoms with van der Waals surface area (Å²) in [6.07, 6.45) is 1.06. The summed E-state index contributed by atoms with van der Waals surface area (Å²) >= 11 is 0. The van der Waals surface area contributed by atoms with E-state index in [0.29, 0.717) is 6.42 Å². The predicted molar refractivity (Wildman–Crippen MR) is 123 cm³/mol. The molecule has 0 bridgehead atoms. The second-order valence-corrected chi connectivity index (χ2v) is 7.74. The zero-order valence-corrected chi connectivity index (χ0v) is 18.3. The number of nitrogens with zero attached hydrogens (tertiary/aromatic N) is 1. The first-order valence-corrected chi connectivity index (χ1v) is 10.5. The van der Waals surface area contributed by atoms with Crippen molar-refractivity contribution in [3.63, 3.8) is 0 Å². The van der Waals surface area contributed by atoms with Crippen LogP contribution in [0.3, 0.4) is 0 Å². The van der Waals surface area contributed by atoms with Gasteiger partial charge in [-0.05, 0) is 31.4 Å². The number of carboxylic acid groups (broad SMARTS) is 1. The molecule has 0 fully saturated rings. The molecule has 1 heterocycles. The second kappa shape index (κ2) is 11.8. The quantitative estimate of drug-likeness (QED) is 0.105. The number of aromatic amines is 1. The van der Waals surface area contributed by atoms with Crippen LogP contribution in [-0.2, 0) is 20.8 Å². The third kappa shape index (κ3) is 7.47. The fourth-order valence-electron chi connectivity index (χ4n) is 3.25. The predicted octanol–water partition coefficient (Wildman–Crippen LogP) is -1.47. The lowest BCUT2D eigenvalue weighted by atomic mass is 10.0. The van der Waals surface area contributed by atoms with Gasteiger partial charge >= 0.3 is 5.97 Å². The summed E-state index contributed by atoms with van der Waals surface area (Å²) in [5, 5.41) is 25.0. The zero-order valence-electron chi connectivity index (χ0n) is 18.3. The van der Waals surface area contributed by atoms with E-state index >= 15 is 0 Å². The summed E-state index contributed by atoms with van der Waals surface area (Å²) in [6.45, 7) is 1.57. The molecule has 2 aromatic rings. The van der Waals surface area contributed by atoms with Gasteiger partial charge in [-0.3, -0.25) is 14.6 Å². The van der Waals surface area contributed by atoms with Gasteiger partial charge in [-0.25, -0.2) is 4.79 Å². The molecule has 2 rings (SSSR count). The standard InChI is InChI=1S/C21H31N7O5/c1-11(29)17(22)19(31)28-16(9-12-10-26-14-6-3-2-5-13(12)14)18(30)27-15(20(32)33)7-4-8-25-21(23)24/h2-3,5-6,10-11,15-17,26,29H,4,7-9,22H2,1H3,(H,27,30)(H,28,31)(H,32,33)(H4,23,24,25). The first-order chi connectivity index (χ1) is 15.6. The molecule has 0 aliphatic carbocycles. The molecule has 0 aliphatic heterocycles. The van der Waals surface area contributed by atoms with E-state index in [2.05, 4.69) is 20.6 Å². The van der Waals surface area contributed by atoms with Crippen molar-refractivity contribution in [3.8, 4) is 0 Å². The van der Waals surface area contributed by atoms with Crippen LogP contribution in [0.25, 0.3) is 10.9 Å². The lowest BCUT2D eigenvalue weighted by Gasteiger charge is -2.23. The van der Waals surface area contributed by atoms with E-state index in [4.69, 9.17) is 17.2 Å². The Morgan fingerprint density at radius 2 is 1.79 bits per heavy atom. The molecule has 180 valence electrons. The number of benzene rings is 1. The number of para-hydroxylation sites is 1. The van der Waals surface area contributed by atoms with Crippen molar-refractivity contribution in [2.24, 2.45) is 22.2 Å². The van der Waals surface area contributed by atoms with Gasteiger partial charge in [-0.1, -0.05) is 18.2 Å². The first-order valence-electron chi connectivity index (χ1n) is 10.5. The Morgan fingerprint density at radius 3 is 2.42 bits per heavy atom. The second-order valence-electron chi connectivity index (χ2n) is 7.74. The summed E-state index contributed by atoms with van der Waals surface area (Å²) < 4.78 is 0. The number of hydrogen-bond acceptors (Lipinski definition) is 6. The number of fused-ring (bicyclic) bond motifs is 1. The maximum Gasteiger partial charge on any atom is 0.326 e. The Hall–Kier alpha value is -3.64. The highest BCUT2D eigenvalue weighted by Gasteiger charge is 2.29. The highest BCUT2D eigenvalue weighted by Crippen LogP contribution is 2.19. The summed E-state index contributed by atoms with van der Waals surface area (Å²) in [5.41, 5.74) is 17.8. The Kier molecular flexibility index (Phi) is 9.18. The number of amides is 2. The number of guanidine groups is 1.